The van der Waals surface area contributed by atoms with E-state index in [1.807, 2.05) is 9.80 Å². The third kappa shape index (κ3) is 4.74. The molecule has 0 saturated carbocycles. The Labute approximate surface area is 211 Å². The molecule has 10 heteroatoms. The Bertz CT molecular complexity index is 798. The number of carboxylic acids is 2. The van der Waals surface area contributed by atoms with Gasteiger partial charge in [-0.2, -0.15) is 0 Å². The number of aliphatic carboxylic acids is 2. The van der Waals surface area contributed by atoms with Crippen LogP contribution in [-0.4, -0.2) is 89.3 Å². The third-order valence-electron chi connectivity index (χ3n) is 9.01. The zero-order valence-electron chi connectivity index (χ0n) is 20.7. The van der Waals surface area contributed by atoms with E-state index in [0.29, 0.717) is 0 Å². The van der Waals surface area contributed by atoms with Crippen molar-refractivity contribution >= 4 is 23.8 Å². The van der Waals surface area contributed by atoms with E-state index >= 15 is 0 Å². The number of amides is 2. The van der Waals surface area contributed by atoms with Crippen LogP contribution in [0.25, 0.3) is 0 Å². The SMILES string of the molecule is O=C(O)C1C(C(=O)N2CCCCC2)[C@@H]2CC[C@H]1O2.O=C([O-])C1C(C(=O)N2CCCCC2)[C@@H]2CC[C@H]1O2. The lowest BCUT2D eigenvalue weighted by Crippen LogP contribution is -2.50. The maximum atomic E-state index is 12.5. The first-order valence-corrected chi connectivity index (χ1v) is 13.7. The van der Waals surface area contributed by atoms with Gasteiger partial charge < -0.3 is 34.3 Å². The minimum Gasteiger partial charge on any atom is -0.550 e. The molecule has 6 saturated heterocycles. The molecular weight excluding hydrogens is 468 g/mol. The van der Waals surface area contributed by atoms with Gasteiger partial charge in [0.25, 0.3) is 0 Å². The van der Waals surface area contributed by atoms with Crippen LogP contribution in [0.2, 0.25) is 0 Å². The van der Waals surface area contributed by atoms with E-state index in [2.05, 4.69) is 0 Å². The first-order chi connectivity index (χ1) is 17.4. The summed E-state index contributed by atoms with van der Waals surface area (Å²) < 4.78 is 11.2. The molecule has 0 radical (unpaired) electrons. The number of ether oxygens (including phenoxy) is 2. The van der Waals surface area contributed by atoms with Crippen molar-refractivity contribution in [1.29, 1.82) is 0 Å². The number of carboxylic acid groups (broad SMARTS) is 2. The molecule has 4 unspecified atom stereocenters. The first-order valence-electron chi connectivity index (χ1n) is 13.7. The summed E-state index contributed by atoms with van der Waals surface area (Å²) in [7, 11) is 0. The van der Waals surface area contributed by atoms with Crippen molar-refractivity contribution in [3.05, 3.63) is 0 Å². The summed E-state index contributed by atoms with van der Waals surface area (Å²) in [6.45, 7) is 3.07. The topological polar surface area (TPSA) is 137 Å². The van der Waals surface area contributed by atoms with Gasteiger partial charge in [0.1, 0.15) is 0 Å². The van der Waals surface area contributed by atoms with E-state index in [1.165, 1.54) is 6.42 Å². The van der Waals surface area contributed by atoms with E-state index in [-0.39, 0.29) is 36.2 Å². The smallest absolute Gasteiger partial charge is 0.310 e. The molecule has 6 rings (SSSR count). The fraction of sp³-hybridized carbons (Fsp3) is 0.846. The van der Waals surface area contributed by atoms with Crippen molar-refractivity contribution in [2.45, 2.75) is 88.6 Å². The Morgan fingerprint density at radius 2 is 0.944 bits per heavy atom. The summed E-state index contributed by atoms with van der Waals surface area (Å²) in [5.74, 6) is -4.34. The van der Waals surface area contributed by atoms with Gasteiger partial charge >= 0.3 is 5.97 Å². The number of rotatable bonds is 4. The second-order valence-corrected chi connectivity index (χ2v) is 11.1. The summed E-state index contributed by atoms with van der Waals surface area (Å²) in [4.78, 5) is 51.2. The average Bonchev–Trinajstić information content (AvgIpc) is 3.70. The summed E-state index contributed by atoms with van der Waals surface area (Å²) in [5, 5.41) is 20.5. The molecule has 0 aromatic carbocycles. The Morgan fingerprint density at radius 3 is 1.33 bits per heavy atom. The number of fused-ring (bicyclic) bond motifs is 4. The fourth-order valence-electron chi connectivity index (χ4n) is 7.25. The van der Waals surface area contributed by atoms with Gasteiger partial charge in [0, 0.05) is 38.1 Å². The van der Waals surface area contributed by atoms with Gasteiger partial charge in [-0.3, -0.25) is 14.4 Å². The van der Waals surface area contributed by atoms with Crippen molar-refractivity contribution in [3.63, 3.8) is 0 Å². The minimum atomic E-state index is -1.13. The van der Waals surface area contributed by atoms with Gasteiger partial charge in [-0.15, -0.1) is 0 Å². The van der Waals surface area contributed by atoms with E-state index in [1.54, 1.807) is 0 Å². The highest BCUT2D eigenvalue weighted by Gasteiger charge is 2.56. The highest BCUT2D eigenvalue weighted by Crippen LogP contribution is 2.45. The molecule has 2 amide bonds. The molecule has 6 fully saturated rings. The monoisotopic (exact) mass is 505 g/mol. The van der Waals surface area contributed by atoms with Crippen molar-refractivity contribution < 1.29 is 38.9 Å². The van der Waals surface area contributed by atoms with E-state index < -0.39 is 35.6 Å². The lowest BCUT2D eigenvalue weighted by Gasteiger charge is -2.34. The molecule has 36 heavy (non-hydrogen) atoms. The van der Waals surface area contributed by atoms with Crippen LogP contribution in [0.3, 0.4) is 0 Å². The Balaban J connectivity index is 0.000000148. The van der Waals surface area contributed by atoms with Crippen LogP contribution in [0.1, 0.15) is 64.2 Å². The van der Waals surface area contributed by atoms with Crippen molar-refractivity contribution in [2.75, 3.05) is 26.2 Å². The number of piperidine rings is 2. The predicted octanol–water partition coefficient (Wildman–Crippen LogP) is 0.420. The van der Waals surface area contributed by atoms with Gasteiger partial charge in [0.2, 0.25) is 11.8 Å². The van der Waals surface area contributed by atoms with Gasteiger partial charge in [0.15, 0.2) is 0 Å². The van der Waals surface area contributed by atoms with Crippen LogP contribution in [0.4, 0.5) is 0 Å². The molecule has 0 aromatic rings. The second-order valence-electron chi connectivity index (χ2n) is 11.1. The van der Waals surface area contributed by atoms with Crippen molar-refractivity contribution in [3.8, 4) is 0 Å². The molecule has 1 N–H and O–H groups in total. The zero-order valence-corrected chi connectivity index (χ0v) is 20.7. The van der Waals surface area contributed by atoms with Gasteiger partial charge in [-0.25, -0.2) is 0 Å². The van der Waals surface area contributed by atoms with Crippen LogP contribution in [-0.2, 0) is 28.7 Å². The van der Waals surface area contributed by atoms with Crippen LogP contribution in [0.5, 0.6) is 0 Å². The molecule has 0 aromatic heterocycles. The first kappa shape index (κ1) is 25.4. The summed E-state index contributed by atoms with van der Waals surface area (Å²) >= 11 is 0. The molecule has 10 nitrogen and oxygen atoms in total. The Hall–Kier alpha value is -2.20. The van der Waals surface area contributed by atoms with Gasteiger partial charge in [-0.05, 0) is 64.2 Å². The van der Waals surface area contributed by atoms with Gasteiger partial charge in [-0.1, -0.05) is 0 Å². The third-order valence-corrected chi connectivity index (χ3v) is 9.01. The summed E-state index contributed by atoms with van der Waals surface area (Å²) in [6.07, 6.45) is 8.67. The number of carbonyl (C=O) groups excluding carboxylic acids is 3. The Kier molecular flexibility index (Phi) is 7.53. The minimum absolute atomic E-state index is 0.00861. The van der Waals surface area contributed by atoms with Crippen LogP contribution < -0.4 is 5.11 Å². The van der Waals surface area contributed by atoms with Crippen molar-refractivity contribution in [2.24, 2.45) is 23.7 Å². The molecule has 6 heterocycles. The lowest BCUT2D eigenvalue weighted by atomic mass is 9.78. The van der Waals surface area contributed by atoms with Crippen LogP contribution in [0, 0.1) is 23.7 Å². The molecule has 6 aliphatic heterocycles. The molecule has 6 aliphatic rings. The van der Waals surface area contributed by atoms with Gasteiger partial charge in [0.05, 0.1) is 42.2 Å². The highest BCUT2D eigenvalue weighted by molar-refractivity contribution is 5.87. The van der Waals surface area contributed by atoms with Crippen LogP contribution in [0.15, 0.2) is 0 Å². The molecular formula is C26H37N2O8-. The largest absolute Gasteiger partial charge is 0.550 e. The predicted molar refractivity (Wildman–Crippen MR) is 123 cm³/mol. The van der Waals surface area contributed by atoms with E-state index in [0.717, 1.165) is 84.0 Å². The molecule has 8 atom stereocenters. The number of carbonyl (C=O) groups is 4. The highest BCUT2D eigenvalue weighted by atomic mass is 16.5. The standard InChI is InChI=1S/2C13H19NO4/c2*15-12(14-6-2-1-3-7-14)10-8-4-5-9(18-8)11(10)13(16)17/h2*8-11H,1-7H2,(H,16,17)/p-1/t2*8-,9+,10?,11?/m00/s1. The maximum absolute atomic E-state index is 12.5. The fourth-order valence-corrected chi connectivity index (χ4v) is 7.25. The molecule has 0 aliphatic carbocycles. The number of nitrogens with zero attached hydrogens (tertiary/aromatic N) is 2. The van der Waals surface area contributed by atoms with Crippen molar-refractivity contribution in [1.82, 2.24) is 9.80 Å². The quantitative estimate of drug-likeness (QED) is 0.581. The number of hydrogen-bond acceptors (Lipinski definition) is 7. The molecule has 4 bridgehead atoms. The summed E-state index contributed by atoms with van der Waals surface area (Å²) in [5.41, 5.74) is 0. The zero-order chi connectivity index (χ0) is 25.4. The summed E-state index contributed by atoms with van der Waals surface area (Å²) in [6, 6.07) is 0. The molecule has 0 spiro atoms. The van der Waals surface area contributed by atoms with E-state index in [9.17, 15) is 29.4 Å². The van der Waals surface area contributed by atoms with E-state index in [4.69, 9.17) is 9.47 Å². The maximum Gasteiger partial charge on any atom is 0.310 e. The number of likely N-dealkylation sites (tertiary alicyclic amines) is 2. The second kappa shape index (κ2) is 10.7. The lowest BCUT2D eigenvalue weighted by molar-refractivity contribution is -0.314. The normalized spacial score (nSPS) is 39.0. The average molecular weight is 506 g/mol. The van der Waals surface area contributed by atoms with Crippen LogP contribution >= 0.6 is 0 Å². The Morgan fingerprint density at radius 1 is 0.583 bits per heavy atom. The molecule has 200 valence electrons. The number of hydrogen-bond donors (Lipinski definition) is 1.